The summed E-state index contributed by atoms with van der Waals surface area (Å²) < 4.78 is 14.9. The van der Waals surface area contributed by atoms with Gasteiger partial charge in [-0.2, -0.15) is 0 Å². The quantitative estimate of drug-likeness (QED) is 0.151. The Morgan fingerprint density at radius 3 is 2.48 bits per heavy atom. The molecule has 3 heterocycles. The van der Waals surface area contributed by atoms with Crippen LogP contribution in [0.1, 0.15) is 39.3 Å². The van der Waals surface area contributed by atoms with Crippen molar-refractivity contribution in [1.29, 1.82) is 0 Å². The molecule has 1 aromatic rings. The summed E-state index contributed by atoms with van der Waals surface area (Å²) in [6.07, 6.45) is 2.27. The lowest BCUT2D eigenvalue weighted by Crippen LogP contribution is -2.71. The zero-order valence-corrected chi connectivity index (χ0v) is 24.6. The standard InChI is InChI=1S/C23H29N5O8S2.ClH.H2O/c1-5-6-12(13-9-38-21(24)26-13)16(29)27-14-17(30)28-15(11(7-34-22(25)33)8-37-18(14)28)19(31)35-10-36-20(32)23(2,3)4;;/h5-6,9,12,14,18H,7-8,10H2,1-4H3,(H2,24,26)(H2,25,33)(H,27,29);1H;1H2/b6-5+;;/t12?,14-,18-;;/m0../s1. The average molecular weight is 622 g/mol. The van der Waals surface area contributed by atoms with E-state index >= 15 is 0 Å². The van der Waals surface area contributed by atoms with E-state index in [1.807, 2.05) is 0 Å². The molecule has 7 N–H and O–H groups in total. The number of nitrogens with one attached hydrogen (secondary N) is 1. The number of halogens is 1. The Hall–Kier alpha value is -3.34. The van der Waals surface area contributed by atoms with Gasteiger partial charge in [-0.05, 0) is 27.7 Å². The number of ether oxygens (including phenoxy) is 3. The molecule has 17 heteroatoms. The number of hydrogen-bond donors (Lipinski definition) is 3. The lowest BCUT2D eigenvalue weighted by molar-refractivity contribution is -0.173. The van der Waals surface area contributed by atoms with Crippen molar-refractivity contribution in [3.63, 3.8) is 0 Å². The summed E-state index contributed by atoms with van der Waals surface area (Å²) in [4.78, 5) is 67.6. The first-order valence-corrected chi connectivity index (χ1v) is 13.3. The summed E-state index contributed by atoms with van der Waals surface area (Å²) in [5.74, 6) is -3.15. The van der Waals surface area contributed by atoms with E-state index in [1.54, 1.807) is 45.2 Å². The van der Waals surface area contributed by atoms with Crippen molar-refractivity contribution in [2.45, 2.75) is 45.0 Å². The summed E-state index contributed by atoms with van der Waals surface area (Å²) in [5, 5.41) is 4.07. The molecule has 0 radical (unpaired) electrons. The van der Waals surface area contributed by atoms with Crippen LogP contribution < -0.4 is 16.8 Å². The molecule has 2 aliphatic heterocycles. The van der Waals surface area contributed by atoms with Crippen LogP contribution in [-0.4, -0.2) is 75.8 Å². The molecule has 1 aromatic heterocycles. The minimum absolute atomic E-state index is 0. The van der Waals surface area contributed by atoms with Crippen molar-refractivity contribution in [3.05, 3.63) is 34.5 Å². The highest BCUT2D eigenvalue weighted by molar-refractivity contribution is 8.00. The molecule has 0 bridgehead atoms. The van der Waals surface area contributed by atoms with Crippen LogP contribution in [0.2, 0.25) is 0 Å². The number of carbonyl (C=O) groups is 5. The van der Waals surface area contributed by atoms with Crippen LogP contribution in [0.5, 0.6) is 0 Å². The number of thioether (sulfide) groups is 1. The van der Waals surface area contributed by atoms with Crippen LogP contribution in [-0.2, 0) is 33.4 Å². The van der Waals surface area contributed by atoms with Crippen LogP contribution >= 0.6 is 35.5 Å². The number of nitrogen functional groups attached to an aromatic ring is 1. The van der Waals surface area contributed by atoms with E-state index in [0.29, 0.717) is 10.8 Å². The number of anilines is 1. The Morgan fingerprint density at radius 2 is 1.93 bits per heavy atom. The van der Waals surface area contributed by atoms with Gasteiger partial charge >= 0.3 is 18.0 Å². The number of rotatable bonds is 9. The number of β-lactam (4-membered cyclic amide) rings is 1. The van der Waals surface area contributed by atoms with Gasteiger partial charge in [0.1, 0.15) is 23.7 Å². The second-order valence-electron chi connectivity index (χ2n) is 9.30. The van der Waals surface area contributed by atoms with Crippen molar-refractivity contribution in [3.8, 4) is 0 Å². The van der Waals surface area contributed by atoms with Crippen molar-refractivity contribution in [2.75, 3.05) is 24.9 Å². The SMILES string of the molecule is C/C=C/C(C(=O)N[C@H]1C(=O)N2C(C(=O)OCOC(=O)C(C)(C)C)=C(COC(N)=O)CS[C@@H]12)c1csc(N)n1.Cl.O. The van der Waals surface area contributed by atoms with E-state index < -0.39 is 59.4 Å². The normalized spacial score (nSPS) is 18.9. The highest BCUT2D eigenvalue weighted by atomic mass is 35.5. The Kier molecular flexibility index (Phi) is 12.4. The molecule has 0 spiro atoms. The summed E-state index contributed by atoms with van der Waals surface area (Å²) in [6, 6.07) is -0.934. The number of nitrogens with two attached hydrogens (primary N) is 2. The molecule has 2 aliphatic rings. The number of primary amides is 1. The molecular weight excluding hydrogens is 590 g/mol. The van der Waals surface area contributed by atoms with Gasteiger partial charge in [-0.25, -0.2) is 14.6 Å². The van der Waals surface area contributed by atoms with Crippen molar-refractivity contribution < 1.29 is 43.7 Å². The fraction of sp³-hybridized carbons (Fsp3) is 0.478. The number of aromatic nitrogens is 1. The van der Waals surface area contributed by atoms with Crippen LogP contribution in [0, 0.1) is 5.41 Å². The predicted molar refractivity (Wildman–Crippen MR) is 149 cm³/mol. The van der Waals surface area contributed by atoms with Gasteiger partial charge in [0, 0.05) is 16.7 Å². The third-order valence-electron chi connectivity index (χ3n) is 5.45. The summed E-state index contributed by atoms with van der Waals surface area (Å²) in [6.45, 7) is 5.64. The molecule has 1 unspecified atom stereocenters. The second kappa shape index (κ2) is 14.3. The average Bonchev–Trinajstić information content (AvgIpc) is 3.28. The number of allylic oxidation sites excluding steroid dienone is 1. The van der Waals surface area contributed by atoms with E-state index in [4.69, 9.17) is 25.7 Å². The molecule has 14 nitrogen and oxygen atoms in total. The highest BCUT2D eigenvalue weighted by Crippen LogP contribution is 2.41. The maximum atomic E-state index is 13.2. The number of carbonyl (C=O) groups excluding carboxylic acids is 5. The second-order valence-corrected chi connectivity index (χ2v) is 11.3. The van der Waals surface area contributed by atoms with Crippen LogP contribution in [0.15, 0.2) is 28.8 Å². The molecule has 0 aliphatic carbocycles. The predicted octanol–water partition coefficient (Wildman–Crippen LogP) is 0.821. The Bertz CT molecular complexity index is 1200. The smallest absolute Gasteiger partial charge is 0.404 e. The Morgan fingerprint density at radius 1 is 1.25 bits per heavy atom. The van der Waals surface area contributed by atoms with Crippen molar-refractivity contribution in [1.82, 2.24) is 15.2 Å². The minimum atomic E-state index is -1.06. The monoisotopic (exact) mass is 621 g/mol. The molecule has 0 aromatic carbocycles. The number of esters is 2. The van der Waals surface area contributed by atoms with Gasteiger partial charge in [-0.1, -0.05) is 12.2 Å². The zero-order valence-electron chi connectivity index (χ0n) is 22.1. The first-order valence-electron chi connectivity index (χ1n) is 11.4. The molecule has 1 fully saturated rings. The third-order valence-corrected chi connectivity index (χ3v) is 7.48. The number of nitrogens with zero attached hydrogens (tertiary/aromatic N) is 2. The van der Waals surface area contributed by atoms with E-state index in [2.05, 4.69) is 10.3 Å². The lowest BCUT2D eigenvalue weighted by atomic mass is 9.98. The lowest BCUT2D eigenvalue weighted by Gasteiger charge is -2.49. The highest BCUT2D eigenvalue weighted by Gasteiger charge is 2.55. The topological polar surface area (TPSA) is 225 Å². The fourth-order valence-corrected chi connectivity index (χ4v) is 5.49. The van der Waals surface area contributed by atoms with E-state index in [1.165, 1.54) is 23.1 Å². The van der Waals surface area contributed by atoms with Gasteiger partial charge in [0.2, 0.25) is 12.7 Å². The molecule has 222 valence electrons. The molecule has 3 amide bonds. The number of fused-ring (bicyclic) bond motifs is 1. The van der Waals surface area contributed by atoms with Gasteiger partial charge in [-0.3, -0.25) is 19.3 Å². The van der Waals surface area contributed by atoms with Gasteiger partial charge in [-0.15, -0.1) is 35.5 Å². The zero-order chi connectivity index (χ0) is 28.2. The summed E-state index contributed by atoms with van der Waals surface area (Å²) in [5.41, 5.74) is 10.5. The van der Waals surface area contributed by atoms with Crippen molar-refractivity contribution in [2.24, 2.45) is 11.1 Å². The molecule has 1 saturated heterocycles. The maximum Gasteiger partial charge on any atom is 0.404 e. The molecular formula is C23H32ClN5O9S2. The summed E-state index contributed by atoms with van der Waals surface area (Å²) >= 11 is 2.45. The van der Waals surface area contributed by atoms with Crippen molar-refractivity contribution >= 4 is 70.5 Å². The number of hydrogen-bond acceptors (Lipinski definition) is 12. The van der Waals surface area contributed by atoms with Crippen LogP contribution in [0.4, 0.5) is 9.93 Å². The first kappa shape index (κ1) is 34.7. The summed E-state index contributed by atoms with van der Waals surface area (Å²) in [7, 11) is 0. The van der Waals surface area contributed by atoms with Gasteiger partial charge in [0.05, 0.1) is 17.0 Å². The van der Waals surface area contributed by atoms with E-state index in [0.717, 1.165) is 4.90 Å². The maximum absolute atomic E-state index is 13.2. The molecule has 40 heavy (non-hydrogen) atoms. The van der Waals surface area contributed by atoms with Crippen LogP contribution in [0.25, 0.3) is 0 Å². The van der Waals surface area contributed by atoms with E-state index in [9.17, 15) is 24.0 Å². The third kappa shape index (κ3) is 7.87. The minimum Gasteiger partial charge on any atom is -0.445 e. The molecule has 3 atom stereocenters. The van der Waals surface area contributed by atoms with Gasteiger partial charge in [0.25, 0.3) is 5.91 Å². The van der Waals surface area contributed by atoms with E-state index in [-0.39, 0.29) is 41.5 Å². The largest absolute Gasteiger partial charge is 0.445 e. The number of thiazole rings is 1. The van der Waals surface area contributed by atoms with Gasteiger partial charge < -0.3 is 36.5 Å². The number of amides is 3. The van der Waals surface area contributed by atoms with Crippen LogP contribution in [0.3, 0.4) is 0 Å². The Labute approximate surface area is 244 Å². The molecule has 0 saturated carbocycles. The molecule has 3 rings (SSSR count). The Balaban J connectivity index is 0.00000400. The first-order chi connectivity index (χ1) is 17.8. The van der Waals surface area contributed by atoms with Gasteiger partial charge in [0.15, 0.2) is 5.13 Å². The fourth-order valence-electron chi connectivity index (χ4n) is 3.56.